The molecule has 0 bridgehead atoms. The third kappa shape index (κ3) is 14.9. The van der Waals surface area contributed by atoms with Gasteiger partial charge < -0.3 is 24.7 Å². The van der Waals surface area contributed by atoms with Gasteiger partial charge in [0.05, 0.1) is 24.0 Å². The average molecular weight is 664 g/mol. The summed E-state index contributed by atoms with van der Waals surface area (Å²) in [7, 11) is 5.18. The van der Waals surface area contributed by atoms with Gasteiger partial charge in [0.2, 0.25) is 5.91 Å². The number of amides is 1. The van der Waals surface area contributed by atoms with E-state index in [1.54, 1.807) is 18.4 Å². The van der Waals surface area contributed by atoms with Crippen molar-refractivity contribution in [3.8, 4) is 0 Å². The second kappa shape index (κ2) is 24.6. The SMILES string of the molecule is CC.CC(C)=Cc1ccc(C(=O)C2CCN(c3ccc(C)cc3)CC2)s1.CO.CO.COCCN1CCC(C)(C(=O)NOC)CC1. The number of Topliss-reactive ketones (excluding diaryl/α,β-unsaturated/α-hetero) is 1. The second-order valence-electron chi connectivity index (χ2n) is 11.4. The third-order valence-corrected chi connectivity index (χ3v) is 8.93. The van der Waals surface area contributed by atoms with Gasteiger partial charge in [-0.1, -0.05) is 44.0 Å². The predicted molar refractivity (Wildman–Crippen MR) is 193 cm³/mol. The van der Waals surface area contributed by atoms with Gasteiger partial charge >= 0.3 is 0 Å². The minimum Gasteiger partial charge on any atom is -0.400 e. The zero-order chi connectivity index (χ0) is 35.1. The average Bonchev–Trinajstić information content (AvgIpc) is 3.55. The number of nitrogens with one attached hydrogen (secondary N) is 1. The Morgan fingerprint density at radius 2 is 1.52 bits per heavy atom. The van der Waals surface area contributed by atoms with E-state index < -0.39 is 0 Å². The molecule has 0 saturated carbocycles. The topological polar surface area (TPSA) is 112 Å². The summed E-state index contributed by atoms with van der Waals surface area (Å²) >= 11 is 1.62. The highest BCUT2D eigenvalue weighted by molar-refractivity contribution is 7.14. The van der Waals surface area contributed by atoms with E-state index in [4.69, 9.17) is 14.9 Å². The van der Waals surface area contributed by atoms with Gasteiger partial charge in [-0.3, -0.25) is 14.4 Å². The fraction of sp³-hybridized carbons (Fsp3) is 0.611. The molecule has 10 heteroatoms. The highest BCUT2D eigenvalue weighted by Crippen LogP contribution is 2.31. The normalized spacial score (nSPS) is 15.6. The molecule has 3 heterocycles. The molecule has 0 radical (unpaired) electrons. The molecule has 0 aliphatic carbocycles. The maximum Gasteiger partial charge on any atom is 0.249 e. The Labute approximate surface area is 282 Å². The van der Waals surface area contributed by atoms with Gasteiger partial charge in [-0.2, -0.15) is 0 Å². The minimum absolute atomic E-state index is 0.0126. The Morgan fingerprint density at radius 1 is 0.957 bits per heavy atom. The van der Waals surface area contributed by atoms with Gasteiger partial charge in [0.15, 0.2) is 5.78 Å². The van der Waals surface area contributed by atoms with Crippen molar-refractivity contribution in [3.05, 3.63) is 57.3 Å². The molecule has 2 aliphatic rings. The number of aryl methyl sites for hydroxylation is 1. The van der Waals surface area contributed by atoms with Crippen LogP contribution in [-0.4, -0.2) is 94.6 Å². The zero-order valence-corrected chi connectivity index (χ0v) is 30.8. The number of hydrogen-bond acceptors (Lipinski definition) is 9. The number of aliphatic hydroxyl groups excluding tert-OH is 2. The fourth-order valence-corrected chi connectivity index (χ4v) is 6.23. The largest absolute Gasteiger partial charge is 0.400 e. The molecule has 1 aromatic carbocycles. The number of hydroxylamine groups is 1. The molecule has 4 rings (SSSR count). The lowest BCUT2D eigenvalue weighted by Crippen LogP contribution is -2.47. The summed E-state index contributed by atoms with van der Waals surface area (Å²) in [5.74, 6) is 0.489. The van der Waals surface area contributed by atoms with Crippen LogP contribution in [0.25, 0.3) is 6.08 Å². The number of aliphatic hydroxyl groups is 2. The molecule has 0 spiro atoms. The maximum atomic E-state index is 12.8. The number of likely N-dealkylation sites (tertiary alicyclic amines) is 1. The molecule has 262 valence electrons. The molecule has 3 N–H and O–H groups in total. The van der Waals surface area contributed by atoms with Crippen LogP contribution in [-0.2, 0) is 14.4 Å². The van der Waals surface area contributed by atoms with Crippen molar-refractivity contribution >= 4 is 34.8 Å². The number of allylic oxidation sites excluding steroid dienone is 1. The number of piperidine rings is 2. The molecular weight excluding hydrogens is 602 g/mol. The molecule has 2 aromatic rings. The van der Waals surface area contributed by atoms with E-state index in [2.05, 4.69) is 77.3 Å². The first-order chi connectivity index (χ1) is 22.1. The number of nitrogens with zero attached hydrogens (tertiary/aromatic N) is 2. The van der Waals surface area contributed by atoms with Gasteiger partial charge in [-0.15, -0.1) is 11.3 Å². The van der Waals surface area contributed by atoms with Crippen molar-refractivity contribution in [2.45, 2.75) is 67.2 Å². The maximum absolute atomic E-state index is 12.8. The van der Waals surface area contributed by atoms with E-state index >= 15 is 0 Å². The van der Waals surface area contributed by atoms with Gasteiger partial charge in [0.1, 0.15) is 0 Å². The van der Waals surface area contributed by atoms with Crippen molar-refractivity contribution < 1.29 is 29.4 Å². The first kappa shape index (κ1) is 43.4. The van der Waals surface area contributed by atoms with Crippen molar-refractivity contribution in [1.29, 1.82) is 0 Å². The number of anilines is 1. The molecular formula is C36H61N3O6S. The molecule has 0 unspecified atom stereocenters. The van der Waals surface area contributed by atoms with Crippen molar-refractivity contribution in [1.82, 2.24) is 10.4 Å². The van der Waals surface area contributed by atoms with Crippen molar-refractivity contribution in [2.24, 2.45) is 11.3 Å². The van der Waals surface area contributed by atoms with E-state index in [1.165, 1.54) is 28.8 Å². The van der Waals surface area contributed by atoms with Gasteiger partial charge in [0, 0.05) is 57.4 Å². The first-order valence-corrected chi connectivity index (χ1v) is 17.0. The Hall–Kier alpha value is -2.60. The smallest absolute Gasteiger partial charge is 0.249 e. The Bertz CT molecular complexity index is 1120. The van der Waals surface area contributed by atoms with Crippen LogP contribution in [0, 0.1) is 18.3 Å². The number of hydrogen-bond donors (Lipinski definition) is 3. The summed E-state index contributed by atoms with van der Waals surface area (Å²) in [6, 6.07) is 12.7. The highest BCUT2D eigenvalue weighted by atomic mass is 32.1. The summed E-state index contributed by atoms with van der Waals surface area (Å²) in [6.07, 6.45) is 5.77. The van der Waals surface area contributed by atoms with Crippen LogP contribution in [0.4, 0.5) is 5.69 Å². The first-order valence-electron chi connectivity index (χ1n) is 16.2. The molecule has 0 atom stereocenters. The van der Waals surface area contributed by atoms with Crippen LogP contribution >= 0.6 is 11.3 Å². The molecule has 46 heavy (non-hydrogen) atoms. The van der Waals surface area contributed by atoms with E-state index in [1.807, 2.05) is 26.8 Å². The van der Waals surface area contributed by atoms with E-state index in [0.717, 1.165) is 84.1 Å². The molecule has 2 fully saturated rings. The van der Waals surface area contributed by atoms with Crippen LogP contribution in [0.3, 0.4) is 0 Å². The fourth-order valence-electron chi connectivity index (χ4n) is 5.14. The summed E-state index contributed by atoms with van der Waals surface area (Å²) < 4.78 is 5.04. The van der Waals surface area contributed by atoms with Gasteiger partial charge in [-0.05, 0) is 89.9 Å². The van der Waals surface area contributed by atoms with Crippen LogP contribution < -0.4 is 10.4 Å². The number of carbonyl (C=O) groups is 2. The number of rotatable bonds is 9. The monoisotopic (exact) mass is 663 g/mol. The van der Waals surface area contributed by atoms with Crippen LogP contribution in [0.5, 0.6) is 0 Å². The number of benzene rings is 1. The zero-order valence-electron chi connectivity index (χ0n) is 30.0. The highest BCUT2D eigenvalue weighted by Gasteiger charge is 2.36. The lowest BCUT2D eigenvalue weighted by molar-refractivity contribution is -0.143. The summed E-state index contributed by atoms with van der Waals surface area (Å²) in [6.45, 7) is 17.8. The number of thiophene rings is 1. The van der Waals surface area contributed by atoms with Crippen LogP contribution in [0.15, 0.2) is 42.0 Å². The Balaban J connectivity index is 0.000000802. The van der Waals surface area contributed by atoms with E-state index in [9.17, 15) is 9.59 Å². The van der Waals surface area contributed by atoms with Crippen molar-refractivity contribution in [2.75, 3.05) is 72.7 Å². The van der Waals surface area contributed by atoms with E-state index in [0.29, 0.717) is 5.78 Å². The molecule has 2 aliphatic heterocycles. The van der Waals surface area contributed by atoms with Crippen LogP contribution in [0.1, 0.15) is 80.4 Å². The summed E-state index contributed by atoms with van der Waals surface area (Å²) in [5, 5.41) is 14.0. The van der Waals surface area contributed by atoms with Crippen LogP contribution in [0.2, 0.25) is 0 Å². The Kier molecular flexibility index (Phi) is 23.2. The Morgan fingerprint density at radius 3 is 2.02 bits per heavy atom. The third-order valence-electron chi connectivity index (χ3n) is 7.88. The number of carbonyl (C=O) groups excluding carboxylic acids is 2. The number of methoxy groups -OCH3 is 1. The molecule has 1 aromatic heterocycles. The lowest BCUT2D eigenvalue weighted by atomic mass is 9.80. The molecule has 2 saturated heterocycles. The summed E-state index contributed by atoms with van der Waals surface area (Å²) in [4.78, 5) is 36.0. The quantitative estimate of drug-likeness (QED) is 0.214. The summed E-state index contributed by atoms with van der Waals surface area (Å²) in [5.41, 5.74) is 5.96. The van der Waals surface area contributed by atoms with Gasteiger partial charge in [-0.25, -0.2) is 5.48 Å². The standard InChI is InChI=1S/C21H25NOS.C11H22N2O3.C2H6.2CH4O/c1-15(2)14-19-8-9-20(24-19)21(23)17-10-12-22(13-11-17)18-6-4-16(3)5-7-18;1-11(10(14)12-16-3)4-6-13(7-5-11)8-9-15-2;3*1-2/h4-9,14,17H,10-13H2,1-3H3;4-9H2,1-3H3,(H,12,14);1-2H3;2*2H,1H3. The van der Waals surface area contributed by atoms with Crippen molar-refractivity contribution in [3.63, 3.8) is 0 Å². The van der Waals surface area contributed by atoms with E-state index in [-0.39, 0.29) is 17.2 Å². The van der Waals surface area contributed by atoms with Gasteiger partial charge in [0.25, 0.3) is 0 Å². The number of ketones is 1. The number of ether oxygens (including phenoxy) is 1. The lowest BCUT2D eigenvalue weighted by Gasteiger charge is -2.37. The second-order valence-corrected chi connectivity index (χ2v) is 12.5. The minimum atomic E-state index is -0.292. The molecule has 1 amide bonds. The predicted octanol–water partition coefficient (Wildman–Crippen LogP) is 6.23. The molecule has 9 nitrogen and oxygen atoms in total.